The van der Waals surface area contributed by atoms with Gasteiger partial charge in [-0.2, -0.15) is 0 Å². The number of esters is 1. The van der Waals surface area contributed by atoms with Crippen molar-refractivity contribution < 1.29 is 23.9 Å². The van der Waals surface area contributed by atoms with Crippen molar-refractivity contribution in [2.45, 2.75) is 6.42 Å². The summed E-state index contributed by atoms with van der Waals surface area (Å²) in [6, 6.07) is 12.9. The monoisotopic (exact) mass is 449 g/mol. The van der Waals surface area contributed by atoms with Gasteiger partial charge in [-0.25, -0.2) is 0 Å². The number of amides is 3. The van der Waals surface area contributed by atoms with Crippen molar-refractivity contribution in [2.24, 2.45) is 5.92 Å². The maximum Gasteiger partial charge on any atom is 0.311 e. The molecule has 0 unspecified atom stereocenters. The zero-order chi connectivity index (χ0) is 21.7. The third-order valence-corrected chi connectivity index (χ3v) is 4.84. The summed E-state index contributed by atoms with van der Waals surface area (Å²) in [6.07, 6.45) is -0.129. The van der Waals surface area contributed by atoms with Crippen LogP contribution in [-0.4, -0.2) is 41.9 Å². The zero-order valence-electron chi connectivity index (χ0n) is 15.6. The number of nitrogens with one attached hydrogen (secondary N) is 2. The van der Waals surface area contributed by atoms with Crippen molar-refractivity contribution >= 4 is 52.6 Å². The minimum atomic E-state index is -0.795. The first-order valence-electron chi connectivity index (χ1n) is 8.91. The molecule has 1 fully saturated rings. The number of ether oxygens (including phenoxy) is 1. The van der Waals surface area contributed by atoms with Gasteiger partial charge in [-0.3, -0.25) is 29.6 Å². The first-order chi connectivity index (χ1) is 14.3. The van der Waals surface area contributed by atoms with Crippen LogP contribution in [0.5, 0.6) is 0 Å². The van der Waals surface area contributed by atoms with Crippen LogP contribution in [0.15, 0.2) is 48.5 Å². The van der Waals surface area contributed by atoms with E-state index in [0.717, 1.165) is 5.01 Å². The van der Waals surface area contributed by atoms with E-state index in [1.807, 2.05) is 0 Å². The van der Waals surface area contributed by atoms with Gasteiger partial charge in [0.25, 0.3) is 11.8 Å². The molecule has 0 bridgehead atoms. The normalized spacial score (nSPS) is 15.6. The summed E-state index contributed by atoms with van der Waals surface area (Å²) in [5, 5.41) is 4.23. The van der Waals surface area contributed by atoms with Gasteiger partial charge in [0.2, 0.25) is 5.91 Å². The molecule has 156 valence electrons. The van der Waals surface area contributed by atoms with Crippen molar-refractivity contribution in [3.8, 4) is 0 Å². The lowest BCUT2D eigenvalue weighted by Crippen LogP contribution is -2.43. The quantitative estimate of drug-likeness (QED) is 0.659. The minimum absolute atomic E-state index is 0.0437. The first-order valence-corrected chi connectivity index (χ1v) is 9.67. The van der Waals surface area contributed by atoms with E-state index < -0.39 is 36.2 Å². The van der Waals surface area contributed by atoms with E-state index in [9.17, 15) is 19.2 Å². The Morgan fingerprint density at radius 2 is 1.83 bits per heavy atom. The molecule has 1 atom stereocenters. The number of hydrazine groups is 1. The largest absolute Gasteiger partial charge is 0.455 e. The lowest BCUT2D eigenvalue weighted by Gasteiger charge is -2.17. The smallest absolute Gasteiger partial charge is 0.311 e. The van der Waals surface area contributed by atoms with Crippen LogP contribution in [0.3, 0.4) is 0 Å². The molecule has 0 radical (unpaired) electrons. The second kappa shape index (κ2) is 9.60. The molecule has 0 spiro atoms. The predicted octanol–water partition coefficient (Wildman–Crippen LogP) is 2.67. The third kappa shape index (κ3) is 5.49. The van der Waals surface area contributed by atoms with Gasteiger partial charge < -0.3 is 10.1 Å². The second-order valence-electron chi connectivity index (χ2n) is 6.49. The first kappa shape index (κ1) is 21.6. The molecular weight excluding hydrogens is 433 g/mol. The zero-order valence-corrected chi connectivity index (χ0v) is 17.1. The van der Waals surface area contributed by atoms with E-state index >= 15 is 0 Å². The van der Waals surface area contributed by atoms with E-state index in [2.05, 4.69) is 10.7 Å². The highest BCUT2D eigenvalue weighted by atomic mass is 35.5. The molecule has 1 aliphatic rings. The summed E-state index contributed by atoms with van der Waals surface area (Å²) >= 11 is 11.8. The van der Waals surface area contributed by atoms with Crippen LogP contribution < -0.4 is 10.7 Å². The fraction of sp³-hybridized carbons (Fsp3) is 0.200. The van der Waals surface area contributed by atoms with Crippen LogP contribution in [-0.2, 0) is 19.1 Å². The second-order valence-corrected chi connectivity index (χ2v) is 7.34. The molecule has 3 amide bonds. The number of anilines is 1. The molecule has 3 rings (SSSR count). The van der Waals surface area contributed by atoms with Gasteiger partial charge in [0.1, 0.15) is 0 Å². The van der Waals surface area contributed by atoms with Crippen LogP contribution >= 0.6 is 23.2 Å². The Morgan fingerprint density at radius 1 is 1.10 bits per heavy atom. The lowest BCUT2D eigenvalue weighted by atomic mass is 10.1. The number of hydrogen-bond donors (Lipinski definition) is 2. The summed E-state index contributed by atoms with van der Waals surface area (Å²) in [5.74, 6) is -3.00. The van der Waals surface area contributed by atoms with E-state index in [1.165, 1.54) is 12.1 Å². The Hall–Kier alpha value is -3.10. The van der Waals surface area contributed by atoms with Gasteiger partial charge >= 0.3 is 5.97 Å². The number of carbonyl (C=O) groups excluding carboxylic acids is 4. The van der Waals surface area contributed by atoms with Gasteiger partial charge in [-0.05, 0) is 30.3 Å². The molecule has 0 aliphatic carbocycles. The molecule has 0 aromatic heterocycles. The highest BCUT2D eigenvalue weighted by Gasteiger charge is 2.36. The Balaban J connectivity index is 1.49. The van der Waals surface area contributed by atoms with Gasteiger partial charge in [-0.1, -0.05) is 41.4 Å². The number of rotatable bonds is 6. The van der Waals surface area contributed by atoms with Gasteiger partial charge in [0.15, 0.2) is 6.61 Å². The van der Waals surface area contributed by atoms with Gasteiger partial charge in [0, 0.05) is 17.0 Å². The van der Waals surface area contributed by atoms with Crippen LogP contribution in [0.25, 0.3) is 0 Å². The Kier molecular flexibility index (Phi) is 6.91. The van der Waals surface area contributed by atoms with Crippen molar-refractivity contribution in [1.82, 2.24) is 10.4 Å². The summed E-state index contributed by atoms with van der Waals surface area (Å²) in [7, 11) is 0. The molecule has 0 saturated carbocycles. The van der Waals surface area contributed by atoms with Crippen molar-refractivity contribution in [1.29, 1.82) is 0 Å². The van der Waals surface area contributed by atoms with Gasteiger partial charge in [-0.15, -0.1) is 0 Å². The summed E-state index contributed by atoms with van der Waals surface area (Å²) in [4.78, 5) is 48.5. The fourth-order valence-electron chi connectivity index (χ4n) is 2.78. The minimum Gasteiger partial charge on any atom is -0.455 e. The summed E-state index contributed by atoms with van der Waals surface area (Å²) < 4.78 is 5.00. The average molecular weight is 450 g/mol. The number of benzene rings is 2. The van der Waals surface area contributed by atoms with Crippen molar-refractivity contribution in [3.05, 3.63) is 64.1 Å². The molecular formula is C20H17Cl2N3O5. The lowest BCUT2D eigenvalue weighted by molar-refractivity contribution is -0.151. The van der Waals surface area contributed by atoms with E-state index in [0.29, 0.717) is 10.6 Å². The standard InChI is InChI=1S/C20H17Cl2N3O5/c21-14-6-7-15(22)16(9-14)23-17(26)11-30-20(29)13-8-18(27)25(10-13)24-19(28)12-4-2-1-3-5-12/h1-7,9,13H,8,10-11H2,(H,23,26)(H,24,28)/t13-/m1/s1. The average Bonchev–Trinajstić information content (AvgIpc) is 3.10. The van der Waals surface area contributed by atoms with Gasteiger partial charge in [0.05, 0.1) is 23.2 Å². The predicted molar refractivity (Wildman–Crippen MR) is 110 cm³/mol. The summed E-state index contributed by atoms with van der Waals surface area (Å²) in [6.45, 7) is -0.597. The van der Waals surface area contributed by atoms with Crippen molar-refractivity contribution in [3.63, 3.8) is 0 Å². The third-order valence-electron chi connectivity index (χ3n) is 4.28. The SMILES string of the molecule is O=C(COC(=O)[C@@H]1CC(=O)N(NC(=O)c2ccccc2)C1)Nc1cc(Cl)ccc1Cl. The molecule has 1 heterocycles. The van der Waals surface area contributed by atoms with E-state index in [1.54, 1.807) is 36.4 Å². The molecule has 8 nitrogen and oxygen atoms in total. The number of halogens is 2. The molecule has 30 heavy (non-hydrogen) atoms. The Bertz CT molecular complexity index is 984. The van der Waals surface area contributed by atoms with Crippen molar-refractivity contribution in [2.75, 3.05) is 18.5 Å². The number of hydrogen-bond acceptors (Lipinski definition) is 5. The summed E-state index contributed by atoms with van der Waals surface area (Å²) in [5.41, 5.74) is 3.14. The number of carbonyl (C=O) groups is 4. The van der Waals surface area contributed by atoms with E-state index in [4.69, 9.17) is 27.9 Å². The van der Waals surface area contributed by atoms with Crippen LogP contribution in [0, 0.1) is 5.92 Å². The van der Waals surface area contributed by atoms with Crippen LogP contribution in [0.1, 0.15) is 16.8 Å². The maximum absolute atomic E-state index is 12.2. The Morgan fingerprint density at radius 3 is 2.57 bits per heavy atom. The maximum atomic E-state index is 12.2. The van der Waals surface area contributed by atoms with Crippen LogP contribution in [0.2, 0.25) is 10.0 Å². The fourth-order valence-corrected chi connectivity index (χ4v) is 3.12. The molecule has 10 heteroatoms. The molecule has 2 aromatic rings. The molecule has 1 saturated heterocycles. The highest BCUT2D eigenvalue weighted by molar-refractivity contribution is 6.35. The molecule has 2 aromatic carbocycles. The molecule has 1 aliphatic heterocycles. The Labute approximate surface area is 182 Å². The highest BCUT2D eigenvalue weighted by Crippen LogP contribution is 2.25. The van der Waals surface area contributed by atoms with Crippen LogP contribution in [0.4, 0.5) is 5.69 Å². The number of nitrogens with zero attached hydrogens (tertiary/aromatic N) is 1. The van der Waals surface area contributed by atoms with E-state index in [-0.39, 0.29) is 23.7 Å². The topological polar surface area (TPSA) is 105 Å². The molecule has 2 N–H and O–H groups in total.